The average molecular weight is 475 g/mol. The van der Waals surface area contributed by atoms with Crippen LogP contribution >= 0.6 is 0 Å². The summed E-state index contributed by atoms with van der Waals surface area (Å²) in [6.07, 6.45) is 3.99. The second-order valence-electron chi connectivity index (χ2n) is 8.50. The van der Waals surface area contributed by atoms with Crippen LogP contribution in [0.15, 0.2) is 47.4 Å². The number of piperidine rings is 1. The summed E-state index contributed by atoms with van der Waals surface area (Å²) in [6, 6.07) is 12.9. The second kappa shape index (κ2) is 11.0. The molecule has 0 spiro atoms. The molecule has 1 saturated heterocycles. The molecule has 0 radical (unpaired) electrons. The number of rotatable bonds is 9. The van der Waals surface area contributed by atoms with Crippen molar-refractivity contribution in [3.63, 3.8) is 0 Å². The number of sulfonamides is 1. The van der Waals surface area contributed by atoms with E-state index in [2.05, 4.69) is 12.1 Å². The van der Waals surface area contributed by atoms with Crippen molar-refractivity contribution in [2.45, 2.75) is 37.5 Å². The number of benzene rings is 2. The molecule has 0 saturated carbocycles. The summed E-state index contributed by atoms with van der Waals surface area (Å²) in [5, 5.41) is 0. The van der Waals surface area contributed by atoms with Crippen LogP contribution in [-0.4, -0.2) is 64.4 Å². The molecular weight excluding hydrogens is 440 g/mol. The molecule has 2 aromatic rings. The second-order valence-corrected chi connectivity index (χ2v) is 10.6. The van der Waals surface area contributed by atoms with Crippen molar-refractivity contribution < 1.29 is 22.7 Å². The highest BCUT2D eigenvalue weighted by atomic mass is 32.2. The topological polar surface area (TPSA) is 76.1 Å². The third-order valence-corrected chi connectivity index (χ3v) is 7.98. The molecule has 0 bridgehead atoms. The summed E-state index contributed by atoms with van der Waals surface area (Å²) in [6.45, 7) is 3.99. The molecule has 1 aliphatic rings. The van der Waals surface area contributed by atoms with E-state index in [1.54, 1.807) is 12.1 Å². The third kappa shape index (κ3) is 6.06. The molecule has 1 heterocycles. The first kappa shape index (κ1) is 25.1. The Morgan fingerprint density at radius 1 is 1.09 bits per heavy atom. The smallest absolute Gasteiger partial charge is 0.253 e. The zero-order valence-corrected chi connectivity index (χ0v) is 20.7. The number of amides is 1. The fourth-order valence-electron chi connectivity index (χ4n) is 4.11. The highest BCUT2D eigenvalue weighted by molar-refractivity contribution is 7.89. The maximum Gasteiger partial charge on any atom is 0.253 e. The highest BCUT2D eigenvalue weighted by Gasteiger charge is 2.27. The molecule has 33 heavy (non-hydrogen) atoms. The van der Waals surface area contributed by atoms with Gasteiger partial charge in [0.1, 0.15) is 16.4 Å². The Morgan fingerprint density at radius 2 is 1.76 bits per heavy atom. The van der Waals surface area contributed by atoms with E-state index < -0.39 is 10.0 Å². The number of carbonyl (C=O) groups excluding carboxylic acids is 1. The Morgan fingerprint density at radius 3 is 2.33 bits per heavy atom. The van der Waals surface area contributed by atoms with Crippen molar-refractivity contribution in [3.8, 4) is 11.5 Å². The Labute approximate surface area is 197 Å². The standard InChI is InChI=1S/C25H34N2O5S/c1-5-32-22-11-8-19(9-12-22)6-7-20-14-16-27(17-15-20)25(28)21-10-13-23(31-4)24(18-21)33(29,30)26(2)3/h8-13,18,20H,5-7,14-17H2,1-4H3. The van der Waals surface area contributed by atoms with Gasteiger partial charge in [0.25, 0.3) is 5.91 Å². The molecular formula is C25H34N2O5S. The molecule has 1 aliphatic heterocycles. The summed E-state index contributed by atoms with van der Waals surface area (Å²) in [5.74, 6) is 1.56. The summed E-state index contributed by atoms with van der Waals surface area (Å²) >= 11 is 0. The van der Waals surface area contributed by atoms with Crippen molar-refractivity contribution in [2.24, 2.45) is 5.92 Å². The predicted molar refractivity (Wildman–Crippen MR) is 128 cm³/mol. The van der Waals surface area contributed by atoms with Gasteiger partial charge < -0.3 is 14.4 Å². The van der Waals surface area contributed by atoms with E-state index >= 15 is 0 Å². The first-order valence-corrected chi connectivity index (χ1v) is 12.8. The minimum atomic E-state index is -3.73. The molecule has 0 N–H and O–H groups in total. The molecule has 0 aromatic heterocycles. The van der Waals surface area contributed by atoms with Gasteiger partial charge >= 0.3 is 0 Å². The van der Waals surface area contributed by atoms with Crippen LogP contribution in [0, 0.1) is 5.92 Å². The lowest BCUT2D eigenvalue weighted by molar-refractivity contribution is 0.0686. The van der Waals surface area contributed by atoms with Crippen molar-refractivity contribution in [3.05, 3.63) is 53.6 Å². The van der Waals surface area contributed by atoms with Crippen molar-refractivity contribution in [1.29, 1.82) is 0 Å². The molecule has 180 valence electrons. The van der Waals surface area contributed by atoms with Gasteiger partial charge in [-0.05, 0) is 74.4 Å². The predicted octanol–water partition coefficient (Wildman–Crippen LogP) is 3.83. The molecule has 0 atom stereocenters. The van der Waals surface area contributed by atoms with E-state index in [4.69, 9.17) is 9.47 Å². The molecule has 0 aliphatic carbocycles. The minimum absolute atomic E-state index is 0.00564. The number of carbonyl (C=O) groups is 1. The zero-order chi connectivity index (χ0) is 24.0. The monoisotopic (exact) mass is 474 g/mol. The fraction of sp³-hybridized carbons (Fsp3) is 0.480. The fourth-order valence-corrected chi connectivity index (χ4v) is 5.18. The lowest BCUT2D eigenvalue weighted by atomic mass is 9.90. The maximum absolute atomic E-state index is 13.1. The first-order valence-electron chi connectivity index (χ1n) is 11.4. The average Bonchev–Trinajstić information content (AvgIpc) is 2.83. The van der Waals surface area contributed by atoms with Gasteiger partial charge in [0.2, 0.25) is 10.0 Å². The van der Waals surface area contributed by atoms with Gasteiger partial charge in [-0.25, -0.2) is 12.7 Å². The quantitative estimate of drug-likeness (QED) is 0.552. The lowest BCUT2D eigenvalue weighted by Crippen LogP contribution is -2.38. The number of likely N-dealkylation sites (tertiary alicyclic amines) is 1. The molecule has 7 nitrogen and oxygen atoms in total. The van der Waals surface area contributed by atoms with Crippen molar-refractivity contribution >= 4 is 15.9 Å². The van der Waals surface area contributed by atoms with Crippen LogP contribution in [0.25, 0.3) is 0 Å². The third-order valence-electron chi connectivity index (χ3n) is 6.15. The number of ether oxygens (including phenoxy) is 2. The van der Waals surface area contributed by atoms with Crippen LogP contribution in [0.5, 0.6) is 11.5 Å². The van der Waals surface area contributed by atoms with Gasteiger partial charge in [-0.15, -0.1) is 0 Å². The summed E-state index contributed by atoms with van der Waals surface area (Å²) in [7, 11) is 0.614. The van der Waals surface area contributed by atoms with Gasteiger partial charge in [0.05, 0.1) is 13.7 Å². The van der Waals surface area contributed by atoms with Gasteiger partial charge in [-0.3, -0.25) is 4.79 Å². The molecule has 1 fully saturated rings. The number of hydrogen-bond acceptors (Lipinski definition) is 5. The number of hydrogen-bond donors (Lipinski definition) is 0. The van der Waals surface area contributed by atoms with Crippen LogP contribution in [0.4, 0.5) is 0 Å². The zero-order valence-electron chi connectivity index (χ0n) is 19.9. The van der Waals surface area contributed by atoms with E-state index in [1.165, 1.54) is 32.8 Å². The first-order chi connectivity index (χ1) is 15.8. The summed E-state index contributed by atoms with van der Waals surface area (Å²) in [4.78, 5) is 14.9. The normalized spacial score (nSPS) is 15.0. The molecule has 8 heteroatoms. The van der Waals surface area contributed by atoms with Crippen LogP contribution in [-0.2, 0) is 16.4 Å². The van der Waals surface area contributed by atoms with Crippen molar-refractivity contribution in [2.75, 3.05) is 40.9 Å². The van der Waals surface area contributed by atoms with E-state index in [0.29, 0.717) is 31.2 Å². The van der Waals surface area contributed by atoms with E-state index in [0.717, 1.165) is 35.7 Å². The SMILES string of the molecule is CCOc1ccc(CCC2CCN(C(=O)c3ccc(OC)c(S(=O)(=O)N(C)C)c3)CC2)cc1. The Bertz CT molecular complexity index is 1040. The van der Waals surface area contributed by atoms with E-state index in [-0.39, 0.29) is 16.6 Å². The summed E-state index contributed by atoms with van der Waals surface area (Å²) in [5.41, 5.74) is 1.66. The largest absolute Gasteiger partial charge is 0.495 e. The molecule has 2 aromatic carbocycles. The number of aryl methyl sites for hydroxylation is 1. The van der Waals surface area contributed by atoms with Gasteiger partial charge in [0.15, 0.2) is 0 Å². The number of methoxy groups -OCH3 is 1. The van der Waals surface area contributed by atoms with Crippen LogP contribution in [0.2, 0.25) is 0 Å². The lowest BCUT2D eigenvalue weighted by Gasteiger charge is -2.32. The van der Waals surface area contributed by atoms with Gasteiger partial charge in [0, 0.05) is 32.7 Å². The highest BCUT2D eigenvalue weighted by Crippen LogP contribution is 2.29. The minimum Gasteiger partial charge on any atom is -0.495 e. The van der Waals surface area contributed by atoms with Crippen LogP contribution < -0.4 is 9.47 Å². The maximum atomic E-state index is 13.1. The van der Waals surface area contributed by atoms with E-state index in [1.807, 2.05) is 24.0 Å². The number of nitrogens with zero attached hydrogens (tertiary/aromatic N) is 2. The van der Waals surface area contributed by atoms with Crippen LogP contribution in [0.3, 0.4) is 0 Å². The van der Waals surface area contributed by atoms with Crippen molar-refractivity contribution in [1.82, 2.24) is 9.21 Å². The summed E-state index contributed by atoms with van der Waals surface area (Å²) < 4.78 is 37.2. The van der Waals surface area contributed by atoms with Crippen LogP contribution in [0.1, 0.15) is 42.1 Å². The van der Waals surface area contributed by atoms with Gasteiger partial charge in [-0.2, -0.15) is 0 Å². The Balaban J connectivity index is 1.59. The molecule has 1 amide bonds. The molecule has 0 unspecified atom stereocenters. The van der Waals surface area contributed by atoms with E-state index in [9.17, 15) is 13.2 Å². The molecule has 3 rings (SSSR count). The Hall–Kier alpha value is -2.58. The Kier molecular flexibility index (Phi) is 8.37. The van der Waals surface area contributed by atoms with Gasteiger partial charge in [-0.1, -0.05) is 12.1 Å².